The predicted octanol–water partition coefficient (Wildman–Crippen LogP) is 0.589. The van der Waals surface area contributed by atoms with Crippen LogP contribution >= 0.6 is 0 Å². The van der Waals surface area contributed by atoms with E-state index in [1.54, 1.807) is 0 Å². The van der Waals surface area contributed by atoms with E-state index in [0.717, 1.165) is 38.5 Å². The summed E-state index contributed by atoms with van der Waals surface area (Å²) < 4.78 is 7.69. The first kappa shape index (κ1) is 10.6. The quantitative estimate of drug-likeness (QED) is 0.721. The molecule has 1 N–H and O–H groups in total. The third-order valence-corrected chi connectivity index (χ3v) is 2.91. The topological polar surface area (TPSA) is 39.1 Å². The Balaban J connectivity index is 1.60. The van der Waals surface area contributed by atoms with Crippen LogP contribution in [0.5, 0.6) is 0 Å². The van der Waals surface area contributed by atoms with Gasteiger partial charge in [0.1, 0.15) is 5.82 Å². The number of aryl methyl sites for hydroxylation is 1. The van der Waals surface area contributed by atoms with Crippen molar-refractivity contribution in [2.24, 2.45) is 13.0 Å². The maximum atomic E-state index is 5.65. The normalized spacial score (nSPS) is 21.0. The molecule has 0 aromatic carbocycles. The molecule has 2 heterocycles. The summed E-state index contributed by atoms with van der Waals surface area (Å²) in [7, 11) is 2.02. The minimum absolute atomic E-state index is 0.714. The maximum Gasteiger partial charge on any atom is 0.110 e. The van der Waals surface area contributed by atoms with E-state index in [1.165, 1.54) is 6.42 Å². The SMILES string of the molecule is Cn1ccnc1CCOCC1CCNC1. The predicted molar refractivity (Wildman–Crippen MR) is 58.7 cm³/mol. The van der Waals surface area contributed by atoms with E-state index in [-0.39, 0.29) is 0 Å². The number of rotatable bonds is 5. The van der Waals surface area contributed by atoms with E-state index < -0.39 is 0 Å². The fraction of sp³-hybridized carbons (Fsp3) is 0.727. The van der Waals surface area contributed by atoms with Gasteiger partial charge in [0, 0.05) is 32.4 Å². The Bertz CT molecular complexity index is 292. The highest BCUT2D eigenvalue weighted by atomic mass is 16.5. The molecule has 1 aliphatic rings. The second-order valence-electron chi connectivity index (χ2n) is 4.14. The second kappa shape index (κ2) is 5.28. The van der Waals surface area contributed by atoms with Crippen LogP contribution in [0.15, 0.2) is 12.4 Å². The molecule has 0 amide bonds. The van der Waals surface area contributed by atoms with Crippen LogP contribution in [-0.2, 0) is 18.2 Å². The third kappa shape index (κ3) is 3.04. The molecule has 0 bridgehead atoms. The van der Waals surface area contributed by atoms with Gasteiger partial charge >= 0.3 is 0 Å². The first-order chi connectivity index (χ1) is 7.36. The summed E-state index contributed by atoms with van der Waals surface area (Å²) in [6.45, 7) is 3.93. The van der Waals surface area contributed by atoms with Crippen molar-refractivity contribution in [2.45, 2.75) is 12.8 Å². The van der Waals surface area contributed by atoms with E-state index in [0.29, 0.717) is 5.92 Å². The Morgan fingerprint density at radius 1 is 1.67 bits per heavy atom. The van der Waals surface area contributed by atoms with Crippen LogP contribution in [-0.4, -0.2) is 35.9 Å². The maximum absolute atomic E-state index is 5.65. The first-order valence-electron chi connectivity index (χ1n) is 5.61. The van der Waals surface area contributed by atoms with Crippen molar-refractivity contribution < 1.29 is 4.74 Å². The lowest BCUT2D eigenvalue weighted by atomic mass is 10.1. The minimum Gasteiger partial charge on any atom is -0.381 e. The number of hydrogen-bond donors (Lipinski definition) is 1. The lowest BCUT2D eigenvalue weighted by molar-refractivity contribution is 0.106. The van der Waals surface area contributed by atoms with E-state index in [1.807, 2.05) is 24.0 Å². The van der Waals surface area contributed by atoms with Gasteiger partial charge in [0.05, 0.1) is 13.2 Å². The number of nitrogens with zero attached hydrogens (tertiary/aromatic N) is 2. The van der Waals surface area contributed by atoms with Crippen LogP contribution in [0.4, 0.5) is 0 Å². The number of ether oxygens (including phenoxy) is 1. The number of hydrogen-bond acceptors (Lipinski definition) is 3. The molecular weight excluding hydrogens is 190 g/mol. The summed E-state index contributed by atoms with van der Waals surface area (Å²) in [5.74, 6) is 1.81. The minimum atomic E-state index is 0.714. The fourth-order valence-corrected chi connectivity index (χ4v) is 1.91. The Kier molecular flexibility index (Phi) is 3.75. The van der Waals surface area contributed by atoms with Crippen LogP contribution in [0.3, 0.4) is 0 Å². The van der Waals surface area contributed by atoms with Gasteiger partial charge in [-0.05, 0) is 18.9 Å². The molecule has 2 rings (SSSR count). The summed E-state index contributed by atoms with van der Waals surface area (Å²) in [4.78, 5) is 4.26. The van der Waals surface area contributed by atoms with E-state index in [9.17, 15) is 0 Å². The van der Waals surface area contributed by atoms with Crippen LogP contribution in [0.1, 0.15) is 12.2 Å². The molecule has 0 aliphatic carbocycles. The summed E-state index contributed by atoms with van der Waals surface area (Å²) in [5.41, 5.74) is 0. The van der Waals surface area contributed by atoms with Crippen molar-refractivity contribution in [1.29, 1.82) is 0 Å². The molecule has 84 valence electrons. The molecule has 1 aromatic heterocycles. The number of imidazole rings is 1. The molecule has 1 atom stereocenters. The Hall–Kier alpha value is -0.870. The van der Waals surface area contributed by atoms with Gasteiger partial charge < -0.3 is 14.6 Å². The molecule has 4 heteroatoms. The molecule has 0 spiro atoms. The molecule has 15 heavy (non-hydrogen) atoms. The monoisotopic (exact) mass is 209 g/mol. The summed E-state index contributed by atoms with van der Waals surface area (Å²) in [6.07, 6.45) is 5.96. The second-order valence-corrected chi connectivity index (χ2v) is 4.14. The van der Waals surface area contributed by atoms with Crippen LogP contribution in [0.2, 0.25) is 0 Å². The Morgan fingerprint density at radius 3 is 3.27 bits per heavy atom. The standard InChI is InChI=1S/C11H19N3O/c1-14-6-5-13-11(14)3-7-15-9-10-2-4-12-8-10/h5-6,10,12H,2-4,7-9H2,1H3. The molecule has 0 saturated carbocycles. The van der Waals surface area contributed by atoms with Crippen molar-refractivity contribution in [3.63, 3.8) is 0 Å². The zero-order valence-corrected chi connectivity index (χ0v) is 9.28. The summed E-state index contributed by atoms with van der Waals surface area (Å²) in [6, 6.07) is 0. The van der Waals surface area contributed by atoms with Gasteiger partial charge in [-0.1, -0.05) is 0 Å². The Labute approximate surface area is 90.6 Å². The van der Waals surface area contributed by atoms with Crippen LogP contribution in [0.25, 0.3) is 0 Å². The van der Waals surface area contributed by atoms with Gasteiger partial charge in [-0.2, -0.15) is 0 Å². The van der Waals surface area contributed by atoms with Crippen molar-refractivity contribution >= 4 is 0 Å². The summed E-state index contributed by atoms with van der Waals surface area (Å²) >= 11 is 0. The molecule has 1 fully saturated rings. The smallest absolute Gasteiger partial charge is 0.110 e. The van der Waals surface area contributed by atoms with Gasteiger partial charge in [-0.3, -0.25) is 0 Å². The number of nitrogens with one attached hydrogen (secondary N) is 1. The van der Waals surface area contributed by atoms with E-state index >= 15 is 0 Å². The van der Waals surface area contributed by atoms with E-state index in [4.69, 9.17) is 4.74 Å². The molecule has 1 aromatic rings. The van der Waals surface area contributed by atoms with Crippen LogP contribution in [0, 0.1) is 5.92 Å². The Morgan fingerprint density at radius 2 is 2.60 bits per heavy atom. The van der Waals surface area contributed by atoms with Gasteiger partial charge in [0.25, 0.3) is 0 Å². The van der Waals surface area contributed by atoms with Crippen LogP contribution < -0.4 is 5.32 Å². The van der Waals surface area contributed by atoms with Gasteiger partial charge in [0.15, 0.2) is 0 Å². The highest BCUT2D eigenvalue weighted by Gasteiger charge is 2.13. The molecular formula is C11H19N3O. The van der Waals surface area contributed by atoms with Crippen molar-refractivity contribution in [1.82, 2.24) is 14.9 Å². The van der Waals surface area contributed by atoms with Crippen molar-refractivity contribution in [2.75, 3.05) is 26.3 Å². The highest BCUT2D eigenvalue weighted by molar-refractivity contribution is 4.90. The van der Waals surface area contributed by atoms with Gasteiger partial charge in [0.2, 0.25) is 0 Å². The van der Waals surface area contributed by atoms with Gasteiger partial charge in [-0.25, -0.2) is 4.98 Å². The fourth-order valence-electron chi connectivity index (χ4n) is 1.91. The summed E-state index contributed by atoms with van der Waals surface area (Å²) in [5, 5.41) is 3.34. The average molecular weight is 209 g/mol. The zero-order chi connectivity index (χ0) is 10.5. The molecule has 0 radical (unpaired) electrons. The molecule has 1 saturated heterocycles. The first-order valence-corrected chi connectivity index (χ1v) is 5.61. The largest absolute Gasteiger partial charge is 0.381 e. The van der Waals surface area contributed by atoms with E-state index in [2.05, 4.69) is 10.3 Å². The van der Waals surface area contributed by atoms with Crippen molar-refractivity contribution in [3.8, 4) is 0 Å². The molecule has 1 unspecified atom stereocenters. The third-order valence-electron chi connectivity index (χ3n) is 2.91. The molecule has 4 nitrogen and oxygen atoms in total. The lowest BCUT2D eigenvalue weighted by Crippen LogP contribution is -2.15. The lowest BCUT2D eigenvalue weighted by Gasteiger charge is -2.08. The zero-order valence-electron chi connectivity index (χ0n) is 9.28. The highest BCUT2D eigenvalue weighted by Crippen LogP contribution is 2.07. The molecule has 1 aliphatic heterocycles. The van der Waals surface area contributed by atoms with Crippen molar-refractivity contribution in [3.05, 3.63) is 18.2 Å². The van der Waals surface area contributed by atoms with Gasteiger partial charge in [-0.15, -0.1) is 0 Å². The average Bonchev–Trinajstić information content (AvgIpc) is 2.85. The number of aromatic nitrogens is 2.